The van der Waals surface area contributed by atoms with Crippen LogP contribution in [-0.4, -0.2) is 24.1 Å². The van der Waals surface area contributed by atoms with Gasteiger partial charge < -0.3 is 24.7 Å². The minimum atomic E-state index is -0.441. The molecular formula is C18H18N4O4. The van der Waals surface area contributed by atoms with Gasteiger partial charge in [0.15, 0.2) is 11.5 Å². The summed E-state index contributed by atoms with van der Waals surface area (Å²) in [5, 5.41) is 17.0. The van der Waals surface area contributed by atoms with Gasteiger partial charge in [-0.3, -0.25) is 5.10 Å². The molecule has 0 saturated heterocycles. The highest BCUT2D eigenvalue weighted by Crippen LogP contribution is 2.49. The standard InChI is InChI=1S/C18H18N4O4/c1-8(2)15-14-13(10(6-19)17(20)26-18(14)22-21-15)9-4-11(23-3)16-12(5-9)24-7-25-16/h4-5,8,13H,7,20H2,1-3H3,(H,21,22)/t13-/m1/s1. The van der Waals surface area contributed by atoms with Crippen molar-refractivity contribution in [2.45, 2.75) is 25.7 Å². The first-order chi connectivity index (χ1) is 12.5. The number of hydrogen-bond acceptors (Lipinski definition) is 7. The number of fused-ring (bicyclic) bond motifs is 2. The molecule has 2 aliphatic rings. The molecule has 26 heavy (non-hydrogen) atoms. The second kappa shape index (κ2) is 5.88. The molecule has 0 spiro atoms. The van der Waals surface area contributed by atoms with Crippen LogP contribution in [0.3, 0.4) is 0 Å². The average Bonchev–Trinajstić information content (AvgIpc) is 3.25. The number of nitrogens with one attached hydrogen (secondary N) is 1. The maximum Gasteiger partial charge on any atom is 0.244 e. The predicted molar refractivity (Wildman–Crippen MR) is 91.1 cm³/mol. The van der Waals surface area contributed by atoms with Crippen LogP contribution in [0.5, 0.6) is 23.1 Å². The van der Waals surface area contributed by atoms with E-state index in [0.29, 0.717) is 28.7 Å². The van der Waals surface area contributed by atoms with Crippen LogP contribution in [0.2, 0.25) is 0 Å². The Morgan fingerprint density at radius 3 is 2.88 bits per heavy atom. The van der Waals surface area contributed by atoms with Crippen molar-refractivity contribution in [3.63, 3.8) is 0 Å². The topological polar surface area (TPSA) is 115 Å². The van der Waals surface area contributed by atoms with Gasteiger partial charge in [-0.05, 0) is 23.6 Å². The third kappa shape index (κ3) is 2.24. The zero-order valence-electron chi connectivity index (χ0n) is 14.6. The second-order valence-electron chi connectivity index (χ2n) is 6.39. The van der Waals surface area contributed by atoms with Gasteiger partial charge in [-0.25, -0.2) is 0 Å². The molecule has 0 saturated carbocycles. The van der Waals surface area contributed by atoms with Crippen LogP contribution in [0.4, 0.5) is 0 Å². The Labute approximate surface area is 150 Å². The molecule has 134 valence electrons. The molecule has 0 unspecified atom stereocenters. The lowest BCUT2D eigenvalue weighted by atomic mass is 9.82. The highest BCUT2D eigenvalue weighted by molar-refractivity contribution is 5.62. The molecule has 1 atom stereocenters. The molecule has 0 fully saturated rings. The van der Waals surface area contributed by atoms with Crippen LogP contribution in [0, 0.1) is 11.3 Å². The Morgan fingerprint density at radius 2 is 2.19 bits per heavy atom. The van der Waals surface area contributed by atoms with E-state index in [1.54, 1.807) is 7.11 Å². The molecule has 2 aromatic rings. The van der Waals surface area contributed by atoms with Crippen molar-refractivity contribution in [1.29, 1.82) is 5.26 Å². The van der Waals surface area contributed by atoms with Crippen LogP contribution in [0.15, 0.2) is 23.6 Å². The van der Waals surface area contributed by atoms with E-state index in [9.17, 15) is 5.26 Å². The van der Waals surface area contributed by atoms with Gasteiger partial charge in [0.2, 0.25) is 24.3 Å². The summed E-state index contributed by atoms with van der Waals surface area (Å²) < 4.78 is 22.0. The summed E-state index contributed by atoms with van der Waals surface area (Å²) in [6, 6.07) is 5.85. The summed E-state index contributed by atoms with van der Waals surface area (Å²) in [5.74, 6) is 1.80. The summed E-state index contributed by atoms with van der Waals surface area (Å²) >= 11 is 0. The number of H-pyrrole nitrogens is 1. The van der Waals surface area contributed by atoms with Crippen LogP contribution in [0.25, 0.3) is 0 Å². The average molecular weight is 354 g/mol. The van der Waals surface area contributed by atoms with E-state index in [1.807, 2.05) is 26.0 Å². The molecule has 0 radical (unpaired) electrons. The fourth-order valence-electron chi connectivity index (χ4n) is 3.36. The maximum absolute atomic E-state index is 9.72. The normalized spacial score (nSPS) is 17.7. The number of rotatable bonds is 3. The summed E-state index contributed by atoms with van der Waals surface area (Å²) in [6.07, 6.45) is 0. The van der Waals surface area contributed by atoms with Crippen LogP contribution >= 0.6 is 0 Å². The van der Waals surface area contributed by atoms with Crippen molar-refractivity contribution in [2.75, 3.05) is 13.9 Å². The van der Waals surface area contributed by atoms with Crippen molar-refractivity contribution in [1.82, 2.24) is 10.2 Å². The monoisotopic (exact) mass is 354 g/mol. The summed E-state index contributed by atoms with van der Waals surface area (Å²) in [4.78, 5) is 0. The first kappa shape index (κ1) is 16.1. The van der Waals surface area contributed by atoms with Gasteiger partial charge in [-0.15, -0.1) is 5.10 Å². The van der Waals surface area contributed by atoms with Gasteiger partial charge in [0.05, 0.1) is 18.6 Å². The van der Waals surface area contributed by atoms with Crippen molar-refractivity contribution in [3.8, 4) is 29.2 Å². The third-order valence-electron chi connectivity index (χ3n) is 4.56. The zero-order chi connectivity index (χ0) is 18.4. The molecular weight excluding hydrogens is 336 g/mol. The van der Waals surface area contributed by atoms with Gasteiger partial charge in [0, 0.05) is 5.69 Å². The molecule has 3 heterocycles. The Hall–Kier alpha value is -3.34. The van der Waals surface area contributed by atoms with E-state index >= 15 is 0 Å². The van der Waals surface area contributed by atoms with Gasteiger partial charge in [-0.2, -0.15) is 5.26 Å². The minimum Gasteiger partial charge on any atom is -0.493 e. The number of aromatic amines is 1. The van der Waals surface area contributed by atoms with E-state index in [0.717, 1.165) is 16.8 Å². The number of nitriles is 1. The molecule has 3 N–H and O–H groups in total. The lowest BCUT2D eigenvalue weighted by molar-refractivity contribution is 0.171. The van der Waals surface area contributed by atoms with Gasteiger partial charge in [0.1, 0.15) is 11.6 Å². The fraction of sp³-hybridized carbons (Fsp3) is 0.333. The smallest absolute Gasteiger partial charge is 0.244 e. The maximum atomic E-state index is 9.72. The number of benzene rings is 1. The van der Waals surface area contributed by atoms with Crippen LogP contribution in [-0.2, 0) is 0 Å². The molecule has 0 amide bonds. The molecule has 1 aromatic heterocycles. The number of methoxy groups -OCH3 is 1. The third-order valence-corrected chi connectivity index (χ3v) is 4.56. The van der Waals surface area contributed by atoms with E-state index in [1.165, 1.54) is 0 Å². The molecule has 2 aliphatic heterocycles. The Bertz CT molecular complexity index is 955. The van der Waals surface area contributed by atoms with E-state index in [2.05, 4.69) is 16.3 Å². The largest absolute Gasteiger partial charge is 0.493 e. The highest BCUT2D eigenvalue weighted by atomic mass is 16.7. The van der Waals surface area contributed by atoms with Gasteiger partial charge in [-0.1, -0.05) is 13.8 Å². The molecule has 0 aliphatic carbocycles. The first-order valence-electron chi connectivity index (χ1n) is 8.18. The number of hydrogen-bond donors (Lipinski definition) is 2. The SMILES string of the molecule is COc1cc([C@@H]2C(C#N)=C(N)Oc3n[nH]c(C(C)C)c32)cc2c1OCO2. The summed E-state index contributed by atoms with van der Waals surface area (Å²) in [5.41, 5.74) is 8.79. The van der Waals surface area contributed by atoms with E-state index < -0.39 is 5.92 Å². The van der Waals surface area contributed by atoms with Crippen LogP contribution < -0.4 is 24.7 Å². The second-order valence-corrected chi connectivity index (χ2v) is 6.39. The Morgan fingerprint density at radius 1 is 1.38 bits per heavy atom. The summed E-state index contributed by atoms with van der Waals surface area (Å²) in [7, 11) is 1.56. The van der Waals surface area contributed by atoms with Crippen molar-refractivity contribution < 1.29 is 18.9 Å². The molecule has 8 nitrogen and oxygen atoms in total. The summed E-state index contributed by atoms with van der Waals surface area (Å²) in [6.45, 7) is 4.21. The van der Waals surface area contributed by atoms with E-state index in [4.69, 9.17) is 24.7 Å². The molecule has 0 bridgehead atoms. The lowest BCUT2D eigenvalue weighted by Gasteiger charge is -2.25. The Balaban J connectivity index is 1.96. The zero-order valence-corrected chi connectivity index (χ0v) is 14.6. The Kier molecular flexibility index (Phi) is 3.65. The fourth-order valence-corrected chi connectivity index (χ4v) is 3.36. The lowest BCUT2D eigenvalue weighted by Crippen LogP contribution is -2.21. The number of allylic oxidation sites excluding steroid dienone is 1. The molecule has 8 heteroatoms. The van der Waals surface area contributed by atoms with Crippen LogP contribution in [0.1, 0.15) is 42.5 Å². The van der Waals surface area contributed by atoms with Crippen molar-refractivity contribution >= 4 is 0 Å². The van der Waals surface area contributed by atoms with Crippen molar-refractivity contribution in [2.24, 2.45) is 5.73 Å². The number of nitrogens with two attached hydrogens (primary N) is 1. The molecule has 4 rings (SSSR count). The van der Waals surface area contributed by atoms with Gasteiger partial charge in [0.25, 0.3) is 0 Å². The van der Waals surface area contributed by atoms with E-state index in [-0.39, 0.29) is 18.6 Å². The van der Waals surface area contributed by atoms with Crippen molar-refractivity contribution in [3.05, 3.63) is 40.4 Å². The van der Waals surface area contributed by atoms with Gasteiger partial charge >= 0.3 is 0 Å². The quantitative estimate of drug-likeness (QED) is 0.870. The number of aromatic nitrogens is 2. The minimum absolute atomic E-state index is 0.0449. The number of ether oxygens (including phenoxy) is 4. The highest BCUT2D eigenvalue weighted by Gasteiger charge is 2.37. The first-order valence-corrected chi connectivity index (χ1v) is 8.18. The molecule has 1 aromatic carbocycles. The number of nitrogens with zero attached hydrogens (tertiary/aromatic N) is 2. The predicted octanol–water partition coefficient (Wildman–Crippen LogP) is 2.49.